The number of rotatable bonds is 2. The summed E-state index contributed by atoms with van der Waals surface area (Å²) in [4.78, 5) is 10.8. The average molecular weight is 194 g/mol. The smallest absolute Gasteiger partial charge is 0.307 e. The second kappa shape index (κ2) is 3.40. The van der Waals surface area contributed by atoms with Crippen molar-refractivity contribution in [1.29, 1.82) is 0 Å². The second-order valence-electron chi connectivity index (χ2n) is 3.68. The minimum atomic E-state index is -0.745. The summed E-state index contributed by atoms with van der Waals surface area (Å²) in [6, 6.07) is 6.11. The quantitative estimate of drug-likeness (QED) is 0.784. The standard InChI is InChI=1S/C11H11FO2/c12-8-3-1-7(2-4-8)9-5-6-10(9)11(13)14/h1-4,9-10H,5-6H2,(H,13,14). The van der Waals surface area contributed by atoms with Gasteiger partial charge in [-0.2, -0.15) is 0 Å². The van der Waals surface area contributed by atoms with Gasteiger partial charge in [0, 0.05) is 0 Å². The Morgan fingerprint density at radius 3 is 2.36 bits per heavy atom. The molecule has 1 aromatic carbocycles. The van der Waals surface area contributed by atoms with Crippen molar-refractivity contribution < 1.29 is 14.3 Å². The fourth-order valence-corrected chi connectivity index (χ4v) is 1.90. The van der Waals surface area contributed by atoms with Gasteiger partial charge in [-0.15, -0.1) is 0 Å². The molecular weight excluding hydrogens is 183 g/mol. The van der Waals surface area contributed by atoms with Crippen LogP contribution in [0, 0.1) is 11.7 Å². The largest absolute Gasteiger partial charge is 0.481 e. The van der Waals surface area contributed by atoms with E-state index in [1.165, 1.54) is 12.1 Å². The number of benzene rings is 1. The third-order valence-electron chi connectivity index (χ3n) is 2.89. The van der Waals surface area contributed by atoms with Gasteiger partial charge in [0.25, 0.3) is 0 Å². The summed E-state index contributed by atoms with van der Waals surface area (Å²) >= 11 is 0. The van der Waals surface area contributed by atoms with Gasteiger partial charge in [-0.3, -0.25) is 4.79 Å². The van der Waals surface area contributed by atoms with E-state index in [0.717, 1.165) is 18.4 Å². The number of aliphatic carboxylic acids is 1. The molecule has 3 heteroatoms. The van der Waals surface area contributed by atoms with Crippen LogP contribution in [0.15, 0.2) is 24.3 Å². The van der Waals surface area contributed by atoms with Gasteiger partial charge in [0.2, 0.25) is 0 Å². The normalized spacial score (nSPS) is 25.5. The predicted octanol–water partition coefficient (Wildman–Crippen LogP) is 2.40. The number of carboxylic acids is 1. The maximum Gasteiger partial charge on any atom is 0.307 e. The molecule has 0 amide bonds. The van der Waals surface area contributed by atoms with E-state index in [9.17, 15) is 9.18 Å². The van der Waals surface area contributed by atoms with Gasteiger partial charge in [0.15, 0.2) is 0 Å². The third-order valence-corrected chi connectivity index (χ3v) is 2.89. The minimum Gasteiger partial charge on any atom is -0.481 e. The Kier molecular flexibility index (Phi) is 2.23. The molecule has 14 heavy (non-hydrogen) atoms. The lowest BCUT2D eigenvalue weighted by Gasteiger charge is -2.33. The molecule has 0 spiro atoms. The number of halogens is 1. The summed E-state index contributed by atoms with van der Waals surface area (Å²) in [5, 5.41) is 8.85. The Balaban J connectivity index is 2.16. The Morgan fingerprint density at radius 1 is 1.29 bits per heavy atom. The SMILES string of the molecule is O=C(O)C1CCC1c1ccc(F)cc1. The van der Waals surface area contributed by atoms with Gasteiger partial charge in [-0.05, 0) is 36.5 Å². The van der Waals surface area contributed by atoms with E-state index in [0.29, 0.717) is 0 Å². The van der Waals surface area contributed by atoms with Crippen molar-refractivity contribution in [2.24, 2.45) is 5.92 Å². The maximum atomic E-state index is 12.6. The van der Waals surface area contributed by atoms with Crippen LogP contribution < -0.4 is 0 Å². The molecule has 0 bridgehead atoms. The zero-order valence-corrected chi connectivity index (χ0v) is 7.61. The predicted molar refractivity (Wildman–Crippen MR) is 49.5 cm³/mol. The van der Waals surface area contributed by atoms with Crippen molar-refractivity contribution in [3.8, 4) is 0 Å². The van der Waals surface area contributed by atoms with Gasteiger partial charge in [-0.25, -0.2) is 4.39 Å². The first-order valence-electron chi connectivity index (χ1n) is 4.67. The van der Waals surface area contributed by atoms with Gasteiger partial charge in [-0.1, -0.05) is 12.1 Å². The Morgan fingerprint density at radius 2 is 1.93 bits per heavy atom. The molecule has 1 aliphatic carbocycles. The second-order valence-corrected chi connectivity index (χ2v) is 3.68. The van der Waals surface area contributed by atoms with Crippen molar-refractivity contribution in [1.82, 2.24) is 0 Å². The highest BCUT2D eigenvalue weighted by Crippen LogP contribution is 2.42. The highest BCUT2D eigenvalue weighted by Gasteiger charge is 2.37. The lowest BCUT2D eigenvalue weighted by molar-refractivity contribution is -0.145. The van der Waals surface area contributed by atoms with Crippen LogP contribution >= 0.6 is 0 Å². The first-order chi connectivity index (χ1) is 6.68. The van der Waals surface area contributed by atoms with E-state index in [1.54, 1.807) is 12.1 Å². The van der Waals surface area contributed by atoms with Gasteiger partial charge in [0.1, 0.15) is 5.82 Å². The Labute approximate surface area is 81.4 Å². The Bertz CT molecular complexity index is 345. The summed E-state index contributed by atoms with van der Waals surface area (Å²) < 4.78 is 12.6. The minimum absolute atomic E-state index is 0.0769. The van der Waals surface area contributed by atoms with E-state index in [1.807, 2.05) is 0 Å². The summed E-state index contributed by atoms with van der Waals surface area (Å²) in [6.45, 7) is 0. The molecule has 0 radical (unpaired) electrons. The number of hydrogen-bond acceptors (Lipinski definition) is 1. The summed E-state index contributed by atoms with van der Waals surface area (Å²) in [7, 11) is 0. The summed E-state index contributed by atoms with van der Waals surface area (Å²) in [5.74, 6) is -1.22. The van der Waals surface area contributed by atoms with Crippen LogP contribution in [0.25, 0.3) is 0 Å². The zero-order valence-electron chi connectivity index (χ0n) is 7.61. The highest BCUT2D eigenvalue weighted by molar-refractivity contribution is 5.72. The van der Waals surface area contributed by atoms with Crippen LogP contribution in [-0.4, -0.2) is 11.1 Å². The number of carboxylic acid groups (broad SMARTS) is 1. The lowest BCUT2D eigenvalue weighted by atomic mass is 9.70. The van der Waals surface area contributed by atoms with Crippen molar-refractivity contribution in [2.75, 3.05) is 0 Å². The monoisotopic (exact) mass is 194 g/mol. The fourth-order valence-electron chi connectivity index (χ4n) is 1.90. The van der Waals surface area contributed by atoms with Crippen LogP contribution in [0.4, 0.5) is 4.39 Å². The zero-order chi connectivity index (χ0) is 10.1. The van der Waals surface area contributed by atoms with E-state index in [2.05, 4.69) is 0 Å². The highest BCUT2D eigenvalue weighted by atomic mass is 19.1. The van der Waals surface area contributed by atoms with Crippen LogP contribution in [0.3, 0.4) is 0 Å². The molecule has 0 aromatic heterocycles. The third kappa shape index (κ3) is 1.50. The topological polar surface area (TPSA) is 37.3 Å². The van der Waals surface area contributed by atoms with Crippen molar-refractivity contribution in [3.05, 3.63) is 35.6 Å². The van der Waals surface area contributed by atoms with Crippen LogP contribution in [0.5, 0.6) is 0 Å². The molecular formula is C11H11FO2. The van der Waals surface area contributed by atoms with Gasteiger partial charge >= 0.3 is 5.97 Å². The summed E-state index contributed by atoms with van der Waals surface area (Å²) in [6.07, 6.45) is 1.62. The fraction of sp³-hybridized carbons (Fsp3) is 0.364. The summed E-state index contributed by atoms with van der Waals surface area (Å²) in [5.41, 5.74) is 0.935. The molecule has 0 heterocycles. The van der Waals surface area contributed by atoms with Crippen molar-refractivity contribution in [2.45, 2.75) is 18.8 Å². The van der Waals surface area contributed by atoms with E-state index in [-0.39, 0.29) is 17.7 Å². The maximum absolute atomic E-state index is 12.6. The van der Waals surface area contributed by atoms with E-state index >= 15 is 0 Å². The average Bonchev–Trinajstić information content (AvgIpc) is 2.05. The van der Waals surface area contributed by atoms with E-state index < -0.39 is 5.97 Å². The molecule has 2 rings (SSSR count). The van der Waals surface area contributed by atoms with Crippen LogP contribution in [0.1, 0.15) is 24.3 Å². The van der Waals surface area contributed by atoms with E-state index in [4.69, 9.17) is 5.11 Å². The molecule has 2 nitrogen and oxygen atoms in total. The van der Waals surface area contributed by atoms with Crippen LogP contribution in [0.2, 0.25) is 0 Å². The molecule has 0 saturated heterocycles. The van der Waals surface area contributed by atoms with Crippen LogP contribution in [-0.2, 0) is 4.79 Å². The van der Waals surface area contributed by atoms with Crippen molar-refractivity contribution >= 4 is 5.97 Å². The Hall–Kier alpha value is -1.38. The van der Waals surface area contributed by atoms with Crippen molar-refractivity contribution in [3.63, 3.8) is 0 Å². The van der Waals surface area contributed by atoms with Gasteiger partial charge < -0.3 is 5.11 Å². The molecule has 74 valence electrons. The molecule has 1 aliphatic rings. The molecule has 2 unspecified atom stereocenters. The molecule has 1 aromatic rings. The molecule has 1 fully saturated rings. The first kappa shape index (κ1) is 9.19. The molecule has 1 N–H and O–H groups in total. The number of carbonyl (C=O) groups is 1. The number of hydrogen-bond donors (Lipinski definition) is 1. The first-order valence-corrected chi connectivity index (χ1v) is 4.67. The molecule has 2 atom stereocenters. The lowest BCUT2D eigenvalue weighted by Crippen LogP contribution is -2.30. The van der Waals surface area contributed by atoms with Gasteiger partial charge in [0.05, 0.1) is 5.92 Å². The molecule has 0 aliphatic heterocycles. The molecule has 1 saturated carbocycles.